The Morgan fingerprint density at radius 3 is 2.79 bits per heavy atom. The highest BCUT2D eigenvalue weighted by molar-refractivity contribution is 7.15. The molecule has 4 heteroatoms. The number of aromatic nitrogens is 1. The lowest BCUT2D eigenvalue weighted by Gasteiger charge is -2.19. The van der Waals surface area contributed by atoms with Crippen molar-refractivity contribution in [3.05, 3.63) is 10.6 Å². The van der Waals surface area contributed by atoms with Gasteiger partial charge in [-0.05, 0) is 38.0 Å². The second-order valence-corrected chi connectivity index (χ2v) is 7.04. The zero-order valence-electron chi connectivity index (χ0n) is 11.9. The molecular formula is C15H25N3S. The molecule has 19 heavy (non-hydrogen) atoms. The van der Waals surface area contributed by atoms with Crippen LogP contribution in [0, 0.1) is 5.92 Å². The standard InChI is InChI=1S/C15H25N3S/c1-2-11-4-3-8-18(9-7-11)15-17-14(12-5-6-12)13(10-16)19-15/h11-12H,2-10,16H2,1H3. The van der Waals surface area contributed by atoms with Crippen LogP contribution in [0.15, 0.2) is 0 Å². The highest BCUT2D eigenvalue weighted by Crippen LogP contribution is 2.44. The quantitative estimate of drug-likeness (QED) is 0.917. The van der Waals surface area contributed by atoms with Gasteiger partial charge in [0.25, 0.3) is 0 Å². The summed E-state index contributed by atoms with van der Waals surface area (Å²) in [4.78, 5) is 8.76. The molecule has 3 rings (SSSR count). The maximum absolute atomic E-state index is 5.89. The van der Waals surface area contributed by atoms with E-state index in [1.54, 1.807) is 0 Å². The van der Waals surface area contributed by atoms with Crippen LogP contribution in [0.2, 0.25) is 0 Å². The molecule has 1 unspecified atom stereocenters. The minimum atomic E-state index is 0.662. The molecule has 1 aliphatic carbocycles. The monoisotopic (exact) mass is 279 g/mol. The summed E-state index contributed by atoms with van der Waals surface area (Å²) in [7, 11) is 0. The Morgan fingerprint density at radius 2 is 2.11 bits per heavy atom. The SMILES string of the molecule is CCC1CCCN(c2nc(C3CC3)c(CN)s2)CC1. The summed E-state index contributed by atoms with van der Waals surface area (Å²) in [5.74, 6) is 1.64. The van der Waals surface area contributed by atoms with Crippen LogP contribution >= 0.6 is 11.3 Å². The molecule has 0 bridgehead atoms. The van der Waals surface area contributed by atoms with E-state index in [-0.39, 0.29) is 0 Å². The van der Waals surface area contributed by atoms with Crippen molar-refractivity contribution in [3.8, 4) is 0 Å². The normalized spacial score (nSPS) is 24.5. The van der Waals surface area contributed by atoms with Crippen molar-refractivity contribution in [2.75, 3.05) is 18.0 Å². The van der Waals surface area contributed by atoms with Crippen LogP contribution in [-0.2, 0) is 6.54 Å². The van der Waals surface area contributed by atoms with Gasteiger partial charge in [0.2, 0.25) is 0 Å². The maximum Gasteiger partial charge on any atom is 0.185 e. The van der Waals surface area contributed by atoms with Crippen LogP contribution in [0.5, 0.6) is 0 Å². The topological polar surface area (TPSA) is 42.2 Å². The van der Waals surface area contributed by atoms with E-state index in [1.807, 2.05) is 11.3 Å². The average molecular weight is 279 g/mol. The fraction of sp³-hybridized carbons (Fsp3) is 0.800. The highest BCUT2D eigenvalue weighted by atomic mass is 32.1. The molecule has 2 fully saturated rings. The molecule has 1 aromatic heterocycles. The summed E-state index contributed by atoms with van der Waals surface area (Å²) in [6.45, 7) is 5.34. The number of hydrogen-bond acceptors (Lipinski definition) is 4. The van der Waals surface area contributed by atoms with Gasteiger partial charge in [0.15, 0.2) is 5.13 Å². The maximum atomic E-state index is 5.89. The zero-order valence-corrected chi connectivity index (χ0v) is 12.7. The third kappa shape index (κ3) is 2.95. The number of anilines is 1. The number of thiazole rings is 1. The molecule has 0 aromatic carbocycles. The van der Waals surface area contributed by atoms with Gasteiger partial charge in [0.05, 0.1) is 5.69 Å². The highest BCUT2D eigenvalue weighted by Gasteiger charge is 2.30. The van der Waals surface area contributed by atoms with Gasteiger partial charge in [-0.3, -0.25) is 0 Å². The third-order valence-corrected chi connectivity index (χ3v) is 5.72. The van der Waals surface area contributed by atoms with Gasteiger partial charge in [-0.15, -0.1) is 11.3 Å². The van der Waals surface area contributed by atoms with Crippen molar-refractivity contribution in [3.63, 3.8) is 0 Å². The van der Waals surface area contributed by atoms with Crippen LogP contribution in [-0.4, -0.2) is 18.1 Å². The summed E-state index contributed by atoms with van der Waals surface area (Å²) in [5.41, 5.74) is 7.20. The van der Waals surface area contributed by atoms with Gasteiger partial charge >= 0.3 is 0 Å². The van der Waals surface area contributed by atoms with E-state index in [1.165, 1.54) is 67.3 Å². The molecule has 106 valence electrons. The first-order valence-electron chi connectivity index (χ1n) is 7.76. The summed E-state index contributed by atoms with van der Waals surface area (Å²) < 4.78 is 0. The predicted molar refractivity (Wildman–Crippen MR) is 81.8 cm³/mol. The van der Waals surface area contributed by atoms with Gasteiger partial charge in [0, 0.05) is 30.4 Å². The molecule has 0 spiro atoms. The van der Waals surface area contributed by atoms with Gasteiger partial charge < -0.3 is 10.6 Å². The van der Waals surface area contributed by atoms with E-state index in [2.05, 4.69) is 11.8 Å². The smallest absolute Gasteiger partial charge is 0.185 e. The largest absolute Gasteiger partial charge is 0.348 e. The van der Waals surface area contributed by atoms with E-state index >= 15 is 0 Å². The molecule has 1 aliphatic heterocycles. The second kappa shape index (κ2) is 5.80. The second-order valence-electron chi connectivity index (χ2n) is 5.98. The van der Waals surface area contributed by atoms with E-state index in [0.717, 1.165) is 11.8 Å². The number of nitrogens with two attached hydrogens (primary N) is 1. The Kier molecular flexibility index (Phi) is 4.08. The molecular weight excluding hydrogens is 254 g/mol. The molecule has 2 aliphatic rings. The number of hydrogen-bond donors (Lipinski definition) is 1. The van der Waals surface area contributed by atoms with Crippen molar-refractivity contribution >= 4 is 16.5 Å². The van der Waals surface area contributed by atoms with Crippen LogP contribution in [0.4, 0.5) is 5.13 Å². The molecule has 3 nitrogen and oxygen atoms in total. The summed E-state index contributed by atoms with van der Waals surface area (Å²) in [5, 5.41) is 1.24. The van der Waals surface area contributed by atoms with Gasteiger partial charge in [0.1, 0.15) is 0 Å². The zero-order chi connectivity index (χ0) is 13.2. The number of rotatable bonds is 4. The lowest BCUT2D eigenvalue weighted by molar-refractivity contribution is 0.459. The summed E-state index contributed by atoms with van der Waals surface area (Å²) in [6.07, 6.45) is 7.98. The molecule has 1 saturated carbocycles. The first-order valence-corrected chi connectivity index (χ1v) is 8.58. The first-order chi connectivity index (χ1) is 9.31. The summed E-state index contributed by atoms with van der Waals surface area (Å²) >= 11 is 1.84. The van der Waals surface area contributed by atoms with Crippen molar-refractivity contribution < 1.29 is 0 Å². The molecule has 2 N–H and O–H groups in total. The van der Waals surface area contributed by atoms with Gasteiger partial charge in [-0.1, -0.05) is 13.3 Å². The van der Waals surface area contributed by atoms with Crippen LogP contribution < -0.4 is 10.6 Å². The van der Waals surface area contributed by atoms with Crippen molar-refractivity contribution in [1.29, 1.82) is 0 Å². The fourth-order valence-corrected chi connectivity index (χ4v) is 4.15. The van der Waals surface area contributed by atoms with Crippen molar-refractivity contribution in [2.24, 2.45) is 11.7 Å². The molecule has 2 heterocycles. The fourth-order valence-electron chi connectivity index (χ4n) is 3.07. The molecule has 0 amide bonds. The van der Waals surface area contributed by atoms with Gasteiger partial charge in [-0.25, -0.2) is 4.98 Å². The lowest BCUT2D eigenvalue weighted by atomic mass is 9.98. The van der Waals surface area contributed by atoms with Crippen LogP contribution in [0.1, 0.15) is 61.9 Å². The molecule has 0 radical (unpaired) electrons. The predicted octanol–water partition coefficient (Wildman–Crippen LogP) is 3.50. The Balaban J connectivity index is 1.74. The van der Waals surface area contributed by atoms with E-state index in [4.69, 9.17) is 10.7 Å². The molecule has 1 atom stereocenters. The van der Waals surface area contributed by atoms with Crippen LogP contribution in [0.25, 0.3) is 0 Å². The van der Waals surface area contributed by atoms with Crippen molar-refractivity contribution in [2.45, 2.75) is 57.9 Å². The molecule has 1 saturated heterocycles. The Labute approximate surface area is 120 Å². The van der Waals surface area contributed by atoms with Crippen LogP contribution in [0.3, 0.4) is 0 Å². The first kappa shape index (κ1) is 13.4. The Hall–Kier alpha value is -0.610. The van der Waals surface area contributed by atoms with E-state index in [9.17, 15) is 0 Å². The summed E-state index contributed by atoms with van der Waals surface area (Å²) in [6, 6.07) is 0. The minimum absolute atomic E-state index is 0.662. The van der Waals surface area contributed by atoms with Gasteiger partial charge in [-0.2, -0.15) is 0 Å². The average Bonchev–Trinajstić information content (AvgIpc) is 3.23. The van der Waals surface area contributed by atoms with E-state index in [0.29, 0.717) is 6.54 Å². The lowest BCUT2D eigenvalue weighted by Crippen LogP contribution is -2.24. The third-order valence-electron chi connectivity index (χ3n) is 4.56. The van der Waals surface area contributed by atoms with E-state index < -0.39 is 0 Å². The minimum Gasteiger partial charge on any atom is -0.348 e. The van der Waals surface area contributed by atoms with Crippen molar-refractivity contribution in [1.82, 2.24) is 4.98 Å². The number of nitrogens with zero attached hydrogens (tertiary/aromatic N) is 2. The Morgan fingerprint density at radius 1 is 1.26 bits per heavy atom. The molecule has 1 aromatic rings. The Bertz CT molecular complexity index is 425.